The standard InChI is InChI=1S/C13H7ClF3N5O/c14-7-1-2-10(22-5-11(20-21-22)13(15,16)17)8(3-7)9-4-12(23)19-6-18-9/h1-6H,(H,18,19,23). The van der Waals surface area contributed by atoms with Crippen LogP contribution in [0.25, 0.3) is 16.9 Å². The summed E-state index contributed by atoms with van der Waals surface area (Å²) in [6.07, 6.45) is -2.67. The molecule has 3 rings (SSSR count). The average molecular weight is 342 g/mol. The Kier molecular flexibility index (Phi) is 3.64. The molecule has 0 aliphatic rings. The molecule has 2 aromatic heterocycles. The summed E-state index contributed by atoms with van der Waals surface area (Å²) >= 11 is 5.93. The third kappa shape index (κ3) is 3.09. The third-order valence-corrected chi connectivity index (χ3v) is 3.18. The molecule has 0 amide bonds. The van der Waals surface area contributed by atoms with Crippen molar-refractivity contribution < 1.29 is 13.2 Å². The molecule has 23 heavy (non-hydrogen) atoms. The van der Waals surface area contributed by atoms with Crippen LogP contribution in [0.5, 0.6) is 0 Å². The molecule has 1 N–H and O–H groups in total. The maximum absolute atomic E-state index is 12.7. The number of halogens is 4. The van der Waals surface area contributed by atoms with Gasteiger partial charge in [0.15, 0.2) is 5.69 Å². The van der Waals surface area contributed by atoms with Gasteiger partial charge in [0, 0.05) is 16.7 Å². The van der Waals surface area contributed by atoms with Crippen molar-refractivity contribution in [3.8, 4) is 16.9 Å². The van der Waals surface area contributed by atoms with Crippen molar-refractivity contribution >= 4 is 11.6 Å². The second-order valence-electron chi connectivity index (χ2n) is 4.50. The summed E-state index contributed by atoms with van der Waals surface area (Å²) in [6.45, 7) is 0. The van der Waals surface area contributed by atoms with E-state index in [-0.39, 0.29) is 11.4 Å². The SMILES string of the molecule is O=c1cc(-c2cc(Cl)ccc2-n2cc(C(F)(F)F)nn2)nc[nH]1. The molecular formula is C13H7ClF3N5O. The minimum absolute atomic E-state index is 0.246. The highest BCUT2D eigenvalue weighted by Gasteiger charge is 2.34. The number of H-pyrrole nitrogens is 1. The lowest BCUT2D eigenvalue weighted by atomic mass is 10.1. The van der Waals surface area contributed by atoms with Crippen molar-refractivity contribution in [3.05, 3.63) is 57.9 Å². The normalized spacial score (nSPS) is 11.7. The zero-order valence-electron chi connectivity index (χ0n) is 11.2. The summed E-state index contributed by atoms with van der Waals surface area (Å²) in [5.41, 5.74) is -0.680. The van der Waals surface area contributed by atoms with Crippen LogP contribution in [-0.4, -0.2) is 25.0 Å². The highest BCUT2D eigenvalue weighted by Crippen LogP contribution is 2.30. The molecule has 0 fully saturated rings. The van der Waals surface area contributed by atoms with Gasteiger partial charge >= 0.3 is 6.18 Å². The summed E-state index contributed by atoms with van der Waals surface area (Å²) in [5.74, 6) is 0. The third-order valence-electron chi connectivity index (χ3n) is 2.94. The summed E-state index contributed by atoms with van der Waals surface area (Å²) < 4.78 is 38.9. The largest absolute Gasteiger partial charge is 0.436 e. The lowest BCUT2D eigenvalue weighted by Gasteiger charge is -2.08. The molecule has 0 saturated heterocycles. The molecule has 1 aromatic carbocycles. The van der Waals surface area contributed by atoms with Gasteiger partial charge in [-0.3, -0.25) is 4.79 Å². The monoisotopic (exact) mass is 341 g/mol. The van der Waals surface area contributed by atoms with E-state index in [4.69, 9.17) is 11.6 Å². The molecule has 0 spiro atoms. The first-order valence-corrected chi connectivity index (χ1v) is 6.57. The van der Waals surface area contributed by atoms with Crippen LogP contribution in [0.1, 0.15) is 5.69 Å². The van der Waals surface area contributed by atoms with E-state index < -0.39 is 17.4 Å². The van der Waals surface area contributed by atoms with Crippen molar-refractivity contribution in [3.63, 3.8) is 0 Å². The fourth-order valence-corrected chi connectivity index (χ4v) is 2.11. The van der Waals surface area contributed by atoms with Crippen molar-refractivity contribution in [2.45, 2.75) is 6.18 Å². The van der Waals surface area contributed by atoms with Crippen molar-refractivity contribution in [1.29, 1.82) is 0 Å². The van der Waals surface area contributed by atoms with Gasteiger partial charge in [0.2, 0.25) is 0 Å². The summed E-state index contributed by atoms with van der Waals surface area (Å²) in [6, 6.07) is 5.64. The Balaban J connectivity index is 2.17. The van der Waals surface area contributed by atoms with E-state index in [1.54, 1.807) is 0 Å². The molecule has 10 heteroatoms. The number of benzene rings is 1. The van der Waals surface area contributed by atoms with Crippen LogP contribution in [0.15, 0.2) is 41.6 Å². The van der Waals surface area contributed by atoms with E-state index in [0.29, 0.717) is 10.6 Å². The molecular weight excluding hydrogens is 335 g/mol. The number of aromatic amines is 1. The predicted molar refractivity (Wildman–Crippen MR) is 75.2 cm³/mol. The number of nitrogens with one attached hydrogen (secondary N) is 1. The van der Waals surface area contributed by atoms with Gasteiger partial charge in [-0.15, -0.1) is 5.10 Å². The van der Waals surface area contributed by atoms with Gasteiger partial charge in [0.05, 0.1) is 23.9 Å². The molecule has 0 aliphatic carbocycles. The number of rotatable bonds is 2. The van der Waals surface area contributed by atoms with Gasteiger partial charge in [0.25, 0.3) is 5.56 Å². The molecule has 0 bridgehead atoms. The van der Waals surface area contributed by atoms with Crippen LogP contribution in [-0.2, 0) is 6.18 Å². The number of hydrogen-bond acceptors (Lipinski definition) is 4. The lowest BCUT2D eigenvalue weighted by Crippen LogP contribution is -2.06. The first-order chi connectivity index (χ1) is 10.8. The molecule has 0 atom stereocenters. The van der Waals surface area contributed by atoms with Gasteiger partial charge in [-0.1, -0.05) is 16.8 Å². The molecule has 0 radical (unpaired) electrons. The first kappa shape index (κ1) is 15.2. The molecule has 0 saturated carbocycles. The maximum Gasteiger partial charge on any atom is 0.436 e. The van der Waals surface area contributed by atoms with Crippen LogP contribution < -0.4 is 5.56 Å². The Labute approximate surface area is 131 Å². The Morgan fingerprint density at radius 1 is 1.22 bits per heavy atom. The lowest BCUT2D eigenvalue weighted by molar-refractivity contribution is -0.141. The Morgan fingerprint density at radius 2 is 2.00 bits per heavy atom. The Hall–Kier alpha value is -2.68. The molecule has 118 valence electrons. The Bertz CT molecular complexity index is 918. The zero-order valence-corrected chi connectivity index (χ0v) is 11.9. The fourth-order valence-electron chi connectivity index (χ4n) is 1.94. The van der Waals surface area contributed by atoms with Gasteiger partial charge < -0.3 is 4.98 Å². The van der Waals surface area contributed by atoms with Crippen LogP contribution in [0.4, 0.5) is 13.2 Å². The van der Waals surface area contributed by atoms with E-state index in [1.807, 2.05) is 0 Å². The molecule has 3 aromatic rings. The minimum Gasteiger partial charge on any atom is -0.313 e. The van der Waals surface area contributed by atoms with Gasteiger partial charge in [-0.2, -0.15) is 13.2 Å². The van der Waals surface area contributed by atoms with Gasteiger partial charge in [-0.05, 0) is 18.2 Å². The van der Waals surface area contributed by atoms with Crippen LogP contribution >= 0.6 is 11.6 Å². The van der Waals surface area contributed by atoms with E-state index in [1.165, 1.54) is 30.6 Å². The summed E-state index contributed by atoms with van der Waals surface area (Å²) in [4.78, 5) is 17.8. The molecule has 6 nitrogen and oxygen atoms in total. The van der Waals surface area contributed by atoms with Crippen LogP contribution in [0, 0.1) is 0 Å². The van der Waals surface area contributed by atoms with Crippen molar-refractivity contribution in [2.24, 2.45) is 0 Å². The van der Waals surface area contributed by atoms with E-state index in [9.17, 15) is 18.0 Å². The highest BCUT2D eigenvalue weighted by molar-refractivity contribution is 6.31. The minimum atomic E-state index is -4.60. The average Bonchev–Trinajstić information content (AvgIpc) is 2.97. The fraction of sp³-hybridized carbons (Fsp3) is 0.0769. The number of nitrogens with zero attached hydrogens (tertiary/aromatic N) is 4. The topological polar surface area (TPSA) is 76.5 Å². The van der Waals surface area contributed by atoms with E-state index in [0.717, 1.165) is 10.9 Å². The molecule has 0 unspecified atom stereocenters. The quantitative estimate of drug-likeness (QED) is 0.777. The number of alkyl halides is 3. The number of hydrogen-bond donors (Lipinski definition) is 1. The highest BCUT2D eigenvalue weighted by atomic mass is 35.5. The predicted octanol–water partition coefficient (Wildman–Crippen LogP) is 2.69. The Morgan fingerprint density at radius 3 is 2.65 bits per heavy atom. The van der Waals surface area contributed by atoms with Gasteiger partial charge in [-0.25, -0.2) is 9.67 Å². The van der Waals surface area contributed by atoms with Crippen molar-refractivity contribution in [2.75, 3.05) is 0 Å². The second kappa shape index (κ2) is 5.51. The van der Waals surface area contributed by atoms with E-state index >= 15 is 0 Å². The van der Waals surface area contributed by atoms with Crippen molar-refractivity contribution in [1.82, 2.24) is 25.0 Å². The second-order valence-corrected chi connectivity index (χ2v) is 4.94. The molecule has 0 aliphatic heterocycles. The first-order valence-electron chi connectivity index (χ1n) is 6.19. The maximum atomic E-state index is 12.7. The summed E-state index contributed by atoms with van der Waals surface area (Å²) in [5, 5.41) is 6.92. The van der Waals surface area contributed by atoms with Crippen LogP contribution in [0.2, 0.25) is 5.02 Å². The van der Waals surface area contributed by atoms with E-state index in [2.05, 4.69) is 20.3 Å². The van der Waals surface area contributed by atoms with Crippen LogP contribution in [0.3, 0.4) is 0 Å². The number of aromatic nitrogens is 5. The molecule has 2 heterocycles. The van der Waals surface area contributed by atoms with Gasteiger partial charge in [0.1, 0.15) is 0 Å². The zero-order chi connectivity index (χ0) is 16.6. The smallest absolute Gasteiger partial charge is 0.313 e. The summed E-state index contributed by atoms with van der Waals surface area (Å²) in [7, 11) is 0.